The third-order valence-electron chi connectivity index (χ3n) is 5.50. The Balaban J connectivity index is 2.05. The number of carboxylic acids is 1. The summed E-state index contributed by atoms with van der Waals surface area (Å²) in [7, 11) is 0. The highest BCUT2D eigenvalue weighted by atomic mass is 16.6. The van der Waals surface area contributed by atoms with Crippen molar-refractivity contribution in [3.63, 3.8) is 0 Å². The van der Waals surface area contributed by atoms with Gasteiger partial charge in [0.2, 0.25) is 0 Å². The second kappa shape index (κ2) is 9.50. The molecule has 10 heteroatoms. The number of hydrogen-bond donors (Lipinski definition) is 3. The maximum atomic E-state index is 12.8. The third kappa shape index (κ3) is 5.33. The van der Waals surface area contributed by atoms with Gasteiger partial charge < -0.3 is 15.7 Å². The number of rotatable bonds is 8. The number of anilines is 1. The van der Waals surface area contributed by atoms with Gasteiger partial charge in [-0.3, -0.25) is 19.3 Å². The van der Waals surface area contributed by atoms with Crippen molar-refractivity contribution in [2.24, 2.45) is 5.92 Å². The predicted octanol–water partition coefficient (Wildman–Crippen LogP) is 4.35. The highest BCUT2D eigenvalue weighted by Gasteiger charge is 2.26. The molecule has 1 aromatic carbocycles. The van der Waals surface area contributed by atoms with E-state index in [-0.39, 0.29) is 22.7 Å². The molecule has 2 unspecified atom stereocenters. The number of aliphatic carboxylic acids is 1. The Bertz CT molecular complexity index is 1230. The van der Waals surface area contributed by atoms with Gasteiger partial charge in [0, 0.05) is 35.0 Å². The summed E-state index contributed by atoms with van der Waals surface area (Å²) in [6.45, 7) is 9.63. The van der Waals surface area contributed by atoms with Gasteiger partial charge in [-0.15, -0.1) is 0 Å². The molecule has 0 aliphatic heterocycles. The first-order chi connectivity index (χ1) is 15.9. The van der Waals surface area contributed by atoms with Crippen molar-refractivity contribution < 1.29 is 19.6 Å². The van der Waals surface area contributed by atoms with E-state index in [0.29, 0.717) is 29.1 Å². The molecule has 10 nitrogen and oxygen atoms in total. The van der Waals surface area contributed by atoms with Crippen molar-refractivity contribution >= 4 is 29.0 Å². The Labute approximate surface area is 197 Å². The van der Waals surface area contributed by atoms with E-state index in [0.717, 1.165) is 0 Å². The smallest absolute Gasteiger partial charge is 0.326 e. The molecule has 0 saturated heterocycles. The van der Waals surface area contributed by atoms with E-state index in [4.69, 9.17) is 0 Å². The number of aromatic nitrogens is 2. The van der Waals surface area contributed by atoms with Gasteiger partial charge in [0.25, 0.3) is 11.6 Å². The number of benzene rings is 1. The minimum atomic E-state index is -1.08. The molecule has 0 bridgehead atoms. The van der Waals surface area contributed by atoms with Crippen LogP contribution < -0.4 is 10.6 Å². The summed E-state index contributed by atoms with van der Waals surface area (Å²) < 4.78 is 1.79. The Morgan fingerprint density at radius 3 is 2.38 bits per heavy atom. The van der Waals surface area contributed by atoms with Crippen LogP contribution in [0.3, 0.4) is 0 Å². The maximum absolute atomic E-state index is 12.8. The first-order valence-electron chi connectivity index (χ1n) is 11.0. The minimum absolute atomic E-state index is 0.0221. The summed E-state index contributed by atoms with van der Waals surface area (Å²) in [5.74, 6) is -1.14. The normalized spacial score (nSPS) is 13.3. The van der Waals surface area contributed by atoms with Crippen molar-refractivity contribution in [2.75, 3.05) is 5.32 Å². The molecule has 3 aromatic rings. The molecule has 2 heterocycles. The number of nitro groups is 1. The van der Waals surface area contributed by atoms with Crippen molar-refractivity contribution in [1.82, 2.24) is 14.7 Å². The second-order valence-electron chi connectivity index (χ2n) is 9.31. The van der Waals surface area contributed by atoms with Gasteiger partial charge in [-0.2, -0.15) is 0 Å². The summed E-state index contributed by atoms with van der Waals surface area (Å²) in [4.78, 5) is 39.7. The Morgan fingerprint density at radius 1 is 1.21 bits per heavy atom. The van der Waals surface area contributed by atoms with Gasteiger partial charge in [-0.1, -0.05) is 20.3 Å². The summed E-state index contributed by atoms with van der Waals surface area (Å²) in [5.41, 5.74) is 1.67. The lowest BCUT2D eigenvalue weighted by molar-refractivity contribution is -0.384. The van der Waals surface area contributed by atoms with E-state index in [9.17, 15) is 24.8 Å². The van der Waals surface area contributed by atoms with E-state index in [1.807, 2.05) is 27.7 Å². The molecule has 0 spiro atoms. The van der Waals surface area contributed by atoms with Crippen LogP contribution in [0.1, 0.15) is 51.4 Å². The van der Waals surface area contributed by atoms with Crippen LogP contribution in [-0.4, -0.2) is 42.9 Å². The molecule has 0 saturated carbocycles. The number of imidazole rings is 1. The number of carbonyl (C=O) groups excluding carboxylic acids is 1. The van der Waals surface area contributed by atoms with Crippen LogP contribution in [0.2, 0.25) is 0 Å². The topological polar surface area (TPSA) is 139 Å². The number of nitro benzene ring substituents is 1. The van der Waals surface area contributed by atoms with E-state index in [1.54, 1.807) is 41.8 Å². The van der Waals surface area contributed by atoms with Crippen LogP contribution in [0, 0.1) is 16.0 Å². The van der Waals surface area contributed by atoms with Crippen LogP contribution in [0.15, 0.2) is 42.6 Å². The average Bonchev–Trinajstić information content (AvgIpc) is 3.12. The molecule has 0 aliphatic carbocycles. The average molecular weight is 468 g/mol. The van der Waals surface area contributed by atoms with Crippen molar-refractivity contribution in [3.05, 3.63) is 58.3 Å². The SMILES string of the molecule is CCC(C)C(NC(=O)c1ccn2c(NC(C)(C)C)c(-c3ccc([N+](=O)[O-])cc3)nc2c1)C(=O)O. The summed E-state index contributed by atoms with van der Waals surface area (Å²) in [6.07, 6.45) is 2.30. The number of nitrogens with one attached hydrogen (secondary N) is 2. The van der Waals surface area contributed by atoms with Crippen molar-refractivity contribution in [1.29, 1.82) is 0 Å². The lowest BCUT2D eigenvalue weighted by atomic mass is 9.99. The first kappa shape index (κ1) is 24.7. The van der Waals surface area contributed by atoms with Gasteiger partial charge in [0.15, 0.2) is 0 Å². The van der Waals surface area contributed by atoms with Crippen LogP contribution in [0.4, 0.5) is 11.5 Å². The first-order valence-corrected chi connectivity index (χ1v) is 11.0. The monoisotopic (exact) mass is 467 g/mol. The van der Waals surface area contributed by atoms with Crippen LogP contribution >= 0.6 is 0 Å². The Kier molecular flexibility index (Phi) is 6.90. The number of hydrogen-bond acceptors (Lipinski definition) is 6. The quantitative estimate of drug-likeness (QED) is 0.331. The maximum Gasteiger partial charge on any atom is 0.326 e. The van der Waals surface area contributed by atoms with E-state index in [1.165, 1.54) is 12.1 Å². The van der Waals surface area contributed by atoms with E-state index < -0.39 is 22.8 Å². The largest absolute Gasteiger partial charge is 0.480 e. The van der Waals surface area contributed by atoms with E-state index >= 15 is 0 Å². The molecule has 2 aromatic heterocycles. The molecule has 34 heavy (non-hydrogen) atoms. The summed E-state index contributed by atoms with van der Waals surface area (Å²) >= 11 is 0. The van der Waals surface area contributed by atoms with Gasteiger partial charge in [-0.05, 0) is 51.0 Å². The van der Waals surface area contributed by atoms with Crippen molar-refractivity contribution in [3.8, 4) is 11.3 Å². The highest BCUT2D eigenvalue weighted by molar-refractivity contribution is 5.97. The zero-order chi connectivity index (χ0) is 25.2. The zero-order valence-electron chi connectivity index (χ0n) is 19.8. The molecule has 2 atom stereocenters. The second-order valence-corrected chi connectivity index (χ2v) is 9.31. The lowest BCUT2D eigenvalue weighted by Gasteiger charge is -2.22. The number of non-ortho nitro benzene ring substituents is 1. The number of fused-ring (bicyclic) bond motifs is 1. The molecule has 0 fully saturated rings. The van der Waals surface area contributed by atoms with Crippen LogP contribution in [0.25, 0.3) is 16.9 Å². The molecule has 180 valence electrons. The minimum Gasteiger partial charge on any atom is -0.480 e. The Hall–Kier alpha value is -3.95. The molecular formula is C24H29N5O5. The zero-order valence-corrected chi connectivity index (χ0v) is 19.8. The fourth-order valence-electron chi connectivity index (χ4n) is 3.51. The fourth-order valence-corrected chi connectivity index (χ4v) is 3.51. The molecule has 3 rings (SSSR count). The molecule has 1 amide bonds. The fraction of sp³-hybridized carbons (Fsp3) is 0.375. The highest BCUT2D eigenvalue weighted by Crippen LogP contribution is 2.32. The van der Waals surface area contributed by atoms with Gasteiger partial charge in [0.05, 0.1) is 4.92 Å². The van der Waals surface area contributed by atoms with E-state index in [2.05, 4.69) is 15.6 Å². The van der Waals surface area contributed by atoms with Gasteiger partial charge in [0.1, 0.15) is 23.2 Å². The number of amides is 1. The number of nitrogens with zero attached hydrogens (tertiary/aromatic N) is 3. The summed E-state index contributed by atoms with van der Waals surface area (Å²) in [6, 6.07) is 8.29. The lowest BCUT2D eigenvalue weighted by Crippen LogP contribution is -2.45. The number of pyridine rings is 1. The number of carboxylic acid groups (broad SMARTS) is 1. The summed E-state index contributed by atoms with van der Waals surface area (Å²) in [5, 5.41) is 26.5. The Morgan fingerprint density at radius 2 is 1.85 bits per heavy atom. The molecule has 0 radical (unpaired) electrons. The third-order valence-corrected chi connectivity index (χ3v) is 5.50. The predicted molar refractivity (Wildman–Crippen MR) is 129 cm³/mol. The van der Waals surface area contributed by atoms with Crippen molar-refractivity contribution in [2.45, 2.75) is 52.6 Å². The van der Waals surface area contributed by atoms with Gasteiger partial charge in [-0.25, -0.2) is 9.78 Å². The molecule has 0 aliphatic rings. The molecular weight excluding hydrogens is 438 g/mol. The molecule has 3 N–H and O–H groups in total. The number of carbonyl (C=O) groups is 2. The standard InChI is InChI=1S/C24H29N5O5/c1-6-14(2)19(23(31)32)26-22(30)16-11-12-28-18(13-16)25-20(21(28)27-24(3,4)5)15-7-9-17(10-8-15)29(33)34/h7-14,19,27H,6H2,1-5H3,(H,26,30)(H,31,32). The van der Waals surface area contributed by atoms with Gasteiger partial charge >= 0.3 is 5.97 Å². The van der Waals surface area contributed by atoms with Crippen LogP contribution in [0.5, 0.6) is 0 Å². The van der Waals surface area contributed by atoms with Crippen LogP contribution in [-0.2, 0) is 4.79 Å².